The number of benzene rings is 2. The van der Waals surface area contributed by atoms with Crippen LogP contribution in [-0.2, 0) is 19.6 Å². The highest BCUT2D eigenvalue weighted by molar-refractivity contribution is 5.28. The monoisotopic (exact) mass is 387 g/mol. The van der Waals surface area contributed by atoms with Crippen LogP contribution >= 0.6 is 0 Å². The first-order valence-electron chi connectivity index (χ1n) is 9.04. The first-order valence-corrected chi connectivity index (χ1v) is 9.04. The molecule has 3 aromatic rings. The fraction of sp³-hybridized carbons (Fsp3) is 0.286. The smallest absolute Gasteiger partial charge is 0.387 e. The van der Waals surface area contributed by atoms with Crippen LogP contribution in [0.15, 0.2) is 67.0 Å². The van der Waals surface area contributed by atoms with E-state index in [1.54, 1.807) is 12.1 Å². The number of nitrogens with zero attached hydrogens (tertiary/aromatic N) is 3. The van der Waals surface area contributed by atoms with Crippen LogP contribution in [0.5, 0.6) is 5.75 Å². The van der Waals surface area contributed by atoms with E-state index < -0.39 is 6.61 Å². The lowest BCUT2D eigenvalue weighted by Gasteiger charge is -2.21. The minimum Gasteiger partial charge on any atom is -0.435 e. The van der Waals surface area contributed by atoms with Crippen LogP contribution in [0.3, 0.4) is 0 Å². The second-order valence-electron chi connectivity index (χ2n) is 6.49. The number of aromatic nitrogens is 2. The Morgan fingerprint density at radius 2 is 1.75 bits per heavy atom. The summed E-state index contributed by atoms with van der Waals surface area (Å²) in [6, 6.07) is 16.7. The van der Waals surface area contributed by atoms with Gasteiger partial charge in [0.05, 0.1) is 19.3 Å². The van der Waals surface area contributed by atoms with Gasteiger partial charge in [-0.3, -0.25) is 9.58 Å². The minimum absolute atomic E-state index is 0.00533. The molecule has 0 saturated heterocycles. The number of ether oxygens (including phenoxy) is 1. The van der Waals surface area contributed by atoms with Crippen molar-refractivity contribution in [3.05, 3.63) is 83.7 Å². The van der Waals surface area contributed by atoms with Gasteiger partial charge in [-0.05, 0) is 23.3 Å². The Labute approximate surface area is 162 Å². The highest BCUT2D eigenvalue weighted by Gasteiger charge is 2.11. The maximum atomic E-state index is 12.4. The SMILES string of the molecule is OCCN(Cc1cccc(OC(F)F)c1)Cc1cnn(Cc2ccccc2)c1. The molecule has 0 aliphatic carbocycles. The number of rotatable bonds is 10. The summed E-state index contributed by atoms with van der Waals surface area (Å²) in [7, 11) is 0. The topological polar surface area (TPSA) is 50.5 Å². The molecule has 0 aliphatic rings. The highest BCUT2D eigenvalue weighted by Crippen LogP contribution is 2.18. The van der Waals surface area contributed by atoms with Crippen molar-refractivity contribution in [2.24, 2.45) is 0 Å². The van der Waals surface area contributed by atoms with E-state index in [4.69, 9.17) is 0 Å². The van der Waals surface area contributed by atoms with Crippen molar-refractivity contribution in [3.8, 4) is 5.75 Å². The van der Waals surface area contributed by atoms with Crippen molar-refractivity contribution >= 4 is 0 Å². The molecule has 5 nitrogen and oxygen atoms in total. The first kappa shape index (κ1) is 20.0. The van der Waals surface area contributed by atoms with E-state index in [9.17, 15) is 13.9 Å². The zero-order valence-corrected chi connectivity index (χ0v) is 15.4. The van der Waals surface area contributed by atoms with Crippen LogP contribution in [0.2, 0.25) is 0 Å². The van der Waals surface area contributed by atoms with Gasteiger partial charge in [0.25, 0.3) is 0 Å². The zero-order valence-electron chi connectivity index (χ0n) is 15.4. The van der Waals surface area contributed by atoms with Crippen LogP contribution in [0.4, 0.5) is 8.78 Å². The van der Waals surface area contributed by atoms with Gasteiger partial charge in [0.15, 0.2) is 0 Å². The molecule has 2 aromatic carbocycles. The molecule has 7 heteroatoms. The third-order valence-corrected chi connectivity index (χ3v) is 4.23. The van der Waals surface area contributed by atoms with Gasteiger partial charge < -0.3 is 9.84 Å². The molecular formula is C21H23F2N3O2. The van der Waals surface area contributed by atoms with Crippen molar-refractivity contribution in [3.63, 3.8) is 0 Å². The summed E-state index contributed by atoms with van der Waals surface area (Å²) in [6.07, 6.45) is 3.79. The molecule has 28 heavy (non-hydrogen) atoms. The molecule has 1 N–H and O–H groups in total. The van der Waals surface area contributed by atoms with Crippen LogP contribution in [0.25, 0.3) is 0 Å². The molecule has 0 saturated carbocycles. The second-order valence-corrected chi connectivity index (χ2v) is 6.49. The average Bonchev–Trinajstić information content (AvgIpc) is 3.09. The lowest BCUT2D eigenvalue weighted by Crippen LogP contribution is -2.26. The lowest BCUT2D eigenvalue weighted by molar-refractivity contribution is -0.0499. The van der Waals surface area contributed by atoms with E-state index in [2.05, 4.69) is 9.84 Å². The van der Waals surface area contributed by atoms with Gasteiger partial charge in [-0.25, -0.2) is 0 Å². The first-order chi connectivity index (χ1) is 13.6. The number of hydrogen-bond donors (Lipinski definition) is 1. The van der Waals surface area contributed by atoms with Gasteiger partial charge in [0.1, 0.15) is 5.75 Å². The van der Waals surface area contributed by atoms with E-state index in [0.717, 1.165) is 11.1 Å². The summed E-state index contributed by atoms with van der Waals surface area (Å²) in [5.74, 6) is 0.132. The number of alkyl halides is 2. The van der Waals surface area contributed by atoms with E-state index in [1.165, 1.54) is 11.6 Å². The third kappa shape index (κ3) is 6.14. The number of aliphatic hydroxyl groups is 1. The highest BCUT2D eigenvalue weighted by atomic mass is 19.3. The molecule has 0 radical (unpaired) electrons. The van der Waals surface area contributed by atoms with Gasteiger partial charge in [0.2, 0.25) is 0 Å². The van der Waals surface area contributed by atoms with Crippen molar-refractivity contribution < 1.29 is 18.6 Å². The fourth-order valence-corrected chi connectivity index (χ4v) is 3.04. The quantitative estimate of drug-likeness (QED) is 0.578. The summed E-state index contributed by atoms with van der Waals surface area (Å²) in [5.41, 5.74) is 3.02. The van der Waals surface area contributed by atoms with Crippen molar-refractivity contribution in [1.82, 2.24) is 14.7 Å². The van der Waals surface area contributed by atoms with Gasteiger partial charge in [-0.15, -0.1) is 0 Å². The Bertz CT molecular complexity index is 856. The maximum Gasteiger partial charge on any atom is 0.387 e. The minimum atomic E-state index is -2.85. The predicted octanol–water partition coefficient (Wildman–Crippen LogP) is 3.53. The van der Waals surface area contributed by atoms with Crippen molar-refractivity contribution in [2.45, 2.75) is 26.2 Å². The van der Waals surface area contributed by atoms with Crippen LogP contribution in [0, 0.1) is 0 Å². The number of halogens is 2. The van der Waals surface area contributed by atoms with E-state index in [-0.39, 0.29) is 12.4 Å². The molecule has 148 valence electrons. The Balaban J connectivity index is 1.63. The van der Waals surface area contributed by atoms with E-state index in [1.807, 2.05) is 58.4 Å². The summed E-state index contributed by atoms with van der Waals surface area (Å²) >= 11 is 0. The Hall–Kier alpha value is -2.77. The van der Waals surface area contributed by atoms with Crippen molar-refractivity contribution in [1.29, 1.82) is 0 Å². The number of aliphatic hydroxyl groups excluding tert-OH is 1. The normalized spacial score (nSPS) is 11.3. The Kier molecular flexibility index (Phi) is 7.11. The molecule has 0 fully saturated rings. The van der Waals surface area contributed by atoms with E-state index in [0.29, 0.717) is 26.2 Å². The summed E-state index contributed by atoms with van der Waals surface area (Å²) < 4.78 is 31.1. The molecule has 0 atom stereocenters. The molecule has 0 aliphatic heterocycles. The van der Waals surface area contributed by atoms with Crippen molar-refractivity contribution in [2.75, 3.05) is 13.2 Å². The summed E-state index contributed by atoms with van der Waals surface area (Å²) in [5, 5.41) is 13.8. The standard InChI is InChI=1S/C21H23F2N3O2/c22-21(23)28-20-8-4-7-18(11-20)13-25(9-10-27)14-19-12-24-26(16-19)15-17-5-2-1-3-6-17/h1-8,11-12,16,21,27H,9-10,13-15H2. The van der Waals surface area contributed by atoms with Crippen LogP contribution < -0.4 is 4.74 Å². The van der Waals surface area contributed by atoms with E-state index >= 15 is 0 Å². The molecular weight excluding hydrogens is 364 g/mol. The molecule has 0 spiro atoms. The molecule has 0 bridgehead atoms. The van der Waals surface area contributed by atoms with Gasteiger partial charge in [0, 0.05) is 31.4 Å². The lowest BCUT2D eigenvalue weighted by atomic mass is 10.2. The Morgan fingerprint density at radius 3 is 2.50 bits per heavy atom. The zero-order chi connectivity index (χ0) is 19.8. The predicted molar refractivity (Wildman–Crippen MR) is 102 cm³/mol. The molecule has 0 unspecified atom stereocenters. The van der Waals surface area contributed by atoms with Gasteiger partial charge in [-0.2, -0.15) is 13.9 Å². The van der Waals surface area contributed by atoms with Crippen LogP contribution in [0.1, 0.15) is 16.7 Å². The van der Waals surface area contributed by atoms with Gasteiger partial charge in [-0.1, -0.05) is 42.5 Å². The largest absolute Gasteiger partial charge is 0.435 e. The number of hydrogen-bond acceptors (Lipinski definition) is 4. The average molecular weight is 387 g/mol. The third-order valence-electron chi connectivity index (χ3n) is 4.23. The Morgan fingerprint density at radius 1 is 1.00 bits per heavy atom. The summed E-state index contributed by atoms with van der Waals surface area (Å²) in [4.78, 5) is 2.03. The van der Waals surface area contributed by atoms with Crippen LogP contribution in [-0.4, -0.2) is 39.6 Å². The molecule has 0 amide bonds. The van der Waals surface area contributed by atoms with Gasteiger partial charge >= 0.3 is 6.61 Å². The molecule has 1 aromatic heterocycles. The second kappa shape index (κ2) is 9.96. The molecule has 1 heterocycles. The summed E-state index contributed by atoms with van der Waals surface area (Å²) in [6.45, 7) is -0.595. The fourth-order valence-electron chi connectivity index (χ4n) is 3.04. The maximum absolute atomic E-state index is 12.4. The molecule has 3 rings (SSSR count).